The van der Waals surface area contributed by atoms with E-state index >= 15 is 0 Å². The van der Waals surface area contributed by atoms with E-state index in [4.69, 9.17) is 4.74 Å². The molecule has 1 unspecified atom stereocenters. The molecule has 1 saturated heterocycles. The molecule has 1 N–H and O–H groups in total. The number of aliphatic hydroxyl groups is 1. The van der Waals surface area contributed by atoms with Crippen molar-refractivity contribution in [2.24, 2.45) is 0 Å². The number of hydrogen-bond acceptors (Lipinski definition) is 3. The van der Waals surface area contributed by atoms with Crippen LogP contribution >= 0.6 is 0 Å². The molecular weight excluding hydrogens is 226 g/mol. The summed E-state index contributed by atoms with van der Waals surface area (Å²) in [6.07, 6.45) is 2.33. The fourth-order valence-corrected chi connectivity index (χ4v) is 2.41. The third-order valence-electron chi connectivity index (χ3n) is 3.57. The molecule has 1 aromatic rings. The lowest BCUT2D eigenvalue weighted by molar-refractivity contribution is 0.115. The van der Waals surface area contributed by atoms with Gasteiger partial charge in [-0.05, 0) is 44.4 Å². The molecule has 1 heterocycles. The molecule has 18 heavy (non-hydrogen) atoms. The molecule has 0 bridgehead atoms. The van der Waals surface area contributed by atoms with E-state index in [2.05, 4.69) is 24.0 Å². The zero-order valence-corrected chi connectivity index (χ0v) is 11.3. The molecule has 1 aliphatic heterocycles. The van der Waals surface area contributed by atoms with E-state index < -0.39 is 6.10 Å². The van der Waals surface area contributed by atoms with Crippen LogP contribution in [0.5, 0.6) is 0 Å². The van der Waals surface area contributed by atoms with Crippen LogP contribution in [0.3, 0.4) is 0 Å². The van der Waals surface area contributed by atoms with Crippen LogP contribution in [0.15, 0.2) is 24.3 Å². The Bertz CT molecular complexity index is 355. The molecule has 1 aliphatic rings. The molecule has 0 saturated carbocycles. The quantitative estimate of drug-likeness (QED) is 0.871. The second-order valence-electron chi connectivity index (χ2n) is 4.94. The second-order valence-corrected chi connectivity index (χ2v) is 4.94. The largest absolute Gasteiger partial charge is 0.389 e. The summed E-state index contributed by atoms with van der Waals surface area (Å²) in [4.78, 5) is 2.34. The van der Waals surface area contributed by atoms with Crippen LogP contribution in [0.4, 0.5) is 5.69 Å². The van der Waals surface area contributed by atoms with E-state index in [9.17, 15) is 5.11 Å². The summed E-state index contributed by atoms with van der Waals surface area (Å²) in [6, 6.07) is 8.16. The van der Waals surface area contributed by atoms with Crippen LogP contribution in [0.2, 0.25) is 0 Å². The standard InChI is InChI=1S/C15H23NO2/c1-3-16(11-15-5-4-10-18-15)14-8-6-13(7-9-14)12(2)17/h6-9,12,15,17H,3-5,10-11H2,1-2H3/t12-,15?/m1/s1. The number of benzene rings is 1. The van der Waals surface area contributed by atoms with Gasteiger partial charge in [0.1, 0.15) is 0 Å². The molecule has 100 valence electrons. The molecule has 0 aliphatic carbocycles. The Kier molecular flexibility index (Phi) is 4.61. The van der Waals surface area contributed by atoms with Crippen LogP contribution < -0.4 is 4.90 Å². The third kappa shape index (κ3) is 3.24. The second kappa shape index (κ2) is 6.21. The van der Waals surface area contributed by atoms with Crippen molar-refractivity contribution in [3.8, 4) is 0 Å². The molecule has 0 aromatic heterocycles. The summed E-state index contributed by atoms with van der Waals surface area (Å²) in [5.41, 5.74) is 2.17. The Hall–Kier alpha value is -1.06. The number of anilines is 1. The number of nitrogens with zero attached hydrogens (tertiary/aromatic N) is 1. The van der Waals surface area contributed by atoms with E-state index in [0.29, 0.717) is 6.10 Å². The van der Waals surface area contributed by atoms with Crippen molar-refractivity contribution >= 4 is 5.69 Å². The minimum Gasteiger partial charge on any atom is -0.389 e. The van der Waals surface area contributed by atoms with Crippen LogP contribution in [-0.4, -0.2) is 30.9 Å². The smallest absolute Gasteiger partial charge is 0.0761 e. The molecule has 0 amide bonds. The van der Waals surface area contributed by atoms with Gasteiger partial charge in [-0.3, -0.25) is 0 Å². The van der Waals surface area contributed by atoms with Gasteiger partial charge in [0.2, 0.25) is 0 Å². The predicted molar refractivity (Wildman–Crippen MR) is 73.9 cm³/mol. The highest BCUT2D eigenvalue weighted by atomic mass is 16.5. The van der Waals surface area contributed by atoms with Crippen LogP contribution in [0, 0.1) is 0 Å². The van der Waals surface area contributed by atoms with E-state index in [1.165, 1.54) is 18.5 Å². The molecular formula is C15H23NO2. The topological polar surface area (TPSA) is 32.7 Å². The highest BCUT2D eigenvalue weighted by Crippen LogP contribution is 2.21. The first-order valence-corrected chi connectivity index (χ1v) is 6.85. The van der Waals surface area contributed by atoms with Crippen molar-refractivity contribution in [1.82, 2.24) is 0 Å². The number of hydrogen-bond donors (Lipinski definition) is 1. The van der Waals surface area contributed by atoms with Crippen LogP contribution in [-0.2, 0) is 4.74 Å². The summed E-state index contributed by atoms with van der Waals surface area (Å²) in [5.74, 6) is 0. The SMILES string of the molecule is CCN(CC1CCCO1)c1ccc([C@@H](C)O)cc1. The van der Waals surface area contributed by atoms with Crippen molar-refractivity contribution in [3.63, 3.8) is 0 Å². The molecule has 1 fully saturated rings. The van der Waals surface area contributed by atoms with E-state index in [1.807, 2.05) is 12.1 Å². The number of ether oxygens (including phenoxy) is 1. The lowest BCUT2D eigenvalue weighted by Gasteiger charge is -2.26. The molecule has 0 radical (unpaired) electrons. The Morgan fingerprint density at radius 3 is 2.61 bits per heavy atom. The zero-order valence-electron chi connectivity index (χ0n) is 11.3. The lowest BCUT2D eigenvalue weighted by Crippen LogP contribution is -2.31. The maximum Gasteiger partial charge on any atom is 0.0761 e. The minimum atomic E-state index is -0.396. The molecule has 3 nitrogen and oxygen atoms in total. The van der Waals surface area contributed by atoms with E-state index in [1.54, 1.807) is 6.92 Å². The fraction of sp³-hybridized carbons (Fsp3) is 0.600. The fourth-order valence-electron chi connectivity index (χ4n) is 2.41. The molecule has 0 spiro atoms. The van der Waals surface area contributed by atoms with E-state index in [-0.39, 0.29) is 0 Å². The normalized spacial score (nSPS) is 20.9. The van der Waals surface area contributed by atoms with Gasteiger partial charge < -0.3 is 14.7 Å². The van der Waals surface area contributed by atoms with Crippen molar-refractivity contribution in [1.29, 1.82) is 0 Å². The first-order chi connectivity index (χ1) is 8.70. The molecule has 2 rings (SSSR count). The monoisotopic (exact) mass is 249 g/mol. The summed E-state index contributed by atoms with van der Waals surface area (Å²) >= 11 is 0. The van der Waals surface area contributed by atoms with Crippen molar-refractivity contribution in [3.05, 3.63) is 29.8 Å². The van der Waals surface area contributed by atoms with Crippen molar-refractivity contribution in [2.75, 3.05) is 24.6 Å². The van der Waals surface area contributed by atoms with Gasteiger partial charge in [0, 0.05) is 25.4 Å². The summed E-state index contributed by atoms with van der Waals surface area (Å²) < 4.78 is 5.69. The maximum absolute atomic E-state index is 9.51. The highest BCUT2D eigenvalue weighted by molar-refractivity contribution is 5.48. The van der Waals surface area contributed by atoms with Gasteiger partial charge in [-0.2, -0.15) is 0 Å². The minimum absolute atomic E-state index is 0.376. The highest BCUT2D eigenvalue weighted by Gasteiger charge is 2.18. The average Bonchev–Trinajstić information content (AvgIpc) is 2.89. The molecule has 1 aromatic carbocycles. The molecule has 3 heteroatoms. The lowest BCUT2D eigenvalue weighted by atomic mass is 10.1. The van der Waals surface area contributed by atoms with Gasteiger partial charge in [-0.25, -0.2) is 0 Å². The van der Waals surface area contributed by atoms with Crippen LogP contribution in [0.1, 0.15) is 38.4 Å². The Morgan fingerprint density at radius 2 is 2.11 bits per heavy atom. The Balaban J connectivity index is 2.02. The van der Waals surface area contributed by atoms with Crippen molar-refractivity contribution < 1.29 is 9.84 Å². The van der Waals surface area contributed by atoms with Crippen LogP contribution in [0.25, 0.3) is 0 Å². The van der Waals surface area contributed by atoms with Gasteiger partial charge in [-0.1, -0.05) is 12.1 Å². The summed E-state index contributed by atoms with van der Waals surface area (Å²) in [6.45, 7) is 6.80. The van der Waals surface area contributed by atoms with Gasteiger partial charge >= 0.3 is 0 Å². The van der Waals surface area contributed by atoms with Crippen molar-refractivity contribution in [2.45, 2.75) is 38.9 Å². The van der Waals surface area contributed by atoms with Gasteiger partial charge in [0.05, 0.1) is 12.2 Å². The van der Waals surface area contributed by atoms with Gasteiger partial charge in [0.25, 0.3) is 0 Å². The van der Waals surface area contributed by atoms with E-state index in [0.717, 1.165) is 25.3 Å². The number of rotatable bonds is 5. The zero-order chi connectivity index (χ0) is 13.0. The summed E-state index contributed by atoms with van der Waals surface area (Å²) in [7, 11) is 0. The Labute approximate surface area is 109 Å². The van der Waals surface area contributed by atoms with Gasteiger partial charge in [0.15, 0.2) is 0 Å². The maximum atomic E-state index is 9.51. The first-order valence-electron chi connectivity index (χ1n) is 6.85. The number of likely N-dealkylation sites (N-methyl/N-ethyl adjacent to an activating group) is 1. The average molecular weight is 249 g/mol. The molecule has 2 atom stereocenters. The summed E-state index contributed by atoms with van der Waals surface area (Å²) in [5, 5.41) is 9.51. The predicted octanol–water partition coefficient (Wildman–Crippen LogP) is 2.75. The number of aliphatic hydroxyl groups excluding tert-OH is 1. The van der Waals surface area contributed by atoms with Gasteiger partial charge in [-0.15, -0.1) is 0 Å². The Morgan fingerprint density at radius 1 is 1.39 bits per heavy atom. The third-order valence-corrected chi connectivity index (χ3v) is 3.57. The first kappa shape index (κ1) is 13.4.